The van der Waals surface area contributed by atoms with Crippen LogP contribution >= 0.6 is 11.8 Å². The number of carbonyl (C=O) groups is 1. The van der Waals surface area contributed by atoms with Gasteiger partial charge >= 0.3 is 0 Å². The molecule has 1 aromatic heterocycles. The Morgan fingerprint density at radius 2 is 2.32 bits per heavy atom. The van der Waals surface area contributed by atoms with Crippen molar-refractivity contribution in [3.8, 4) is 5.69 Å². The molecule has 0 unspecified atom stereocenters. The lowest BCUT2D eigenvalue weighted by atomic mass is 10.1. The zero-order valence-electron chi connectivity index (χ0n) is 12.5. The van der Waals surface area contributed by atoms with Gasteiger partial charge in [0.2, 0.25) is 0 Å². The van der Waals surface area contributed by atoms with Crippen molar-refractivity contribution in [2.45, 2.75) is 24.0 Å². The number of hydrogen-bond acceptors (Lipinski definition) is 4. The normalized spacial score (nSPS) is 14.1. The van der Waals surface area contributed by atoms with Crippen LogP contribution in [-0.2, 0) is 0 Å². The molecule has 2 aromatic rings. The molecule has 6 heteroatoms. The molecule has 1 saturated carbocycles. The van der Waals surface area contributed by atoms with Crippen molar-refractivity contribution < 1.29 is 9.90 Å². The van der Waals surface area contributed by atoms with Crippen LogP contribution in [0.3, 0.4) is 0 Å². The summed E-state index contributed by atoms with van der Waals surface area (Å²) in [5.41, 5.74) is 1.58. The summed E-state index contributed by atoms with van der Waals surface area (Å²) >= 11 is 1.56. The Balaban J connectivity index is 1.88. The topological polar surface area (TPSA) is 58.4 Å². The molecule has 0 saturated heterocycles. The highest BCUT2D eigenvalue weighted by atomic mass is 32.2. The summed E-state index contributed by atoms with van der Waals surface area (Å²) in [6, 6.07) is 7.85. The molecule has 116 valence electrons. The van der Waals surface area contributed by atoms with E-state index in [1.807, 2.05) is 41.3 Å². The number of rotatable bonds is 6. The number of hydrogen-bond donors (Lipinski definition) is 1. The average molecular weight is 317 g/mol. The van der Waals surface area contributed by atoms with Crippen molar-refractivity contribution in [3.05, 3.63) is 42.2 Å². The van der Waals surface area contributed by atoms with Gasteiger partial charge in [0.05, 0.1) is 6.61 Å². The molecule has 0 spiro atoms. The van der Waals surface area contributed by atoms with Crippen LogP contribution in [0, 0.1) is 0 Å². The third-order valence-electron chi connectivity index (χ3n) is 3.75. The predicted octanol–water partition coefficient (Wildman–Crippen LogP) is 2.19. The van der Waals surface area contributed by atoms with Crippen LogP contribution < -0.4 is 0 Å². The van der Waals surface area contributed by atoms with E-state index in [-0.39, 0.29) is 12.5 Å². The zero-order chi connectivity index (χ0) is 15.5. The highest BCUT2D eigenvalue weighted by molar-refractivity contribution is 7.98. The molecule has 1 aromatic carbocycles. The van der Waals surface area contributed by atoms with Crippen LogP contribution in [0.25, 0.3) is 5.69 Å². The lowest BCUT2D eigenvalue weighted by molar-refractivity contribution is 0.0707. The van der Waals surface area contributed by atoms with Gasteiger partial charge in [-0.15, -0.1) is 0 Å². The minimum Gasteiger partial charge on any atom is -0.395 e. The van der Waals surface area contributed by atoms with E-state index in [1.165, 1.54) is 0 Å². The first kappa shape index (κ1) is 15.1. The highest BCUT2D eigenvalue weighted by Gasteiger charge is 2.32. The molecule has 1 amide bonds. The Morgan fingerprint density at radius 1 is 1.50 bits per heavy atom. The Morgan fingerprint density at radius 3 is 3.00 bits per heavy atom. The maximum absolute atomic E-state index is 12.7. The molecule has 3 rings (SSSR count). The summed E-state index contributed by atoms with van der Waals surface area (Å²) in [4.78, 5) is 18.7. The second-order valence-corrected chi connectivity index (χ2v) is 6.06. The molecule has 22 heavy (non-hydrogen) atoms. The molecule has 1 aliphatic carbocycles. The lowest BCUT2D eigenvalue weighted by Crippen LogP contribution is -2.35. The van der Waals surface area contributed by atoms with E-state index < -0.39 is 0 Å². The van der Waals surface area contributed by atoms with Gasteiger partial charge in [-0.3, -0.25) is 9.36 Å². The zero-order valence-corrected chi connectivity index (χ0v) is 13.3. The maximum Gasteiger partial charge on any atom is 0.254 e. The fourth-order valence-electron chi connectivity index (χ4n) is 2.54. The van der Waals surface area contributed by atoms with Crippen LogP contribution in [-0.4, -0.2) is 50.9 Å². The van der Waals surface area contributed by atoms with Gasteiger partial charge in [-0.2, -0.15) is 0 Å². The summed E-state index contributed by atoms with van der Waals surface area (Å²) in [5.74, 6) is -0.00998. The minimum absolute atomic E-state index is 0.0000735. The molecule has 0 atom stereocenters. The van der Waals surface area contributed by atoms with Crippen molar-refractivity contribution in [2.75, 3.05) is 19.4 Å². The van der Waals surface area contributed by atoms with Crippen molar-refractivity contribution in [1.82, 2.24) is 14.5 Å². The third kappa shape index (κ3) is 3.03. The standard InChI is InChI=1S/C16H19N3O2S/c1-22-16-17-7-8-19(16)14-4-2-3-12(11-14)15(21)18(9-10-20)13-5-6-13/h2-4,7-8,11,13,20H,5-6,9-10H2,1H3. The minimum atomic E-state index is -0.00998. The number of imidazole rings is 1. The van der Waals surface area contributed by atoms with E-state index in [1.54, 1.807) is 22.9 Å². The number of amides is 1. The highest BCUT2D eigenvalue weighted by Crippen LogP contribution is 2.28. The smallest absolute Gasteiger partial charge is 0.254 e. The molecule has 1 aliphatic rings. The van der Waals surface area contributed by atoms with Crippen LogP contribution in [0.1, 0.15) is 23.2 Å². The fourth-order valence-corrected chi connectivity index (χ4v) is 3.07. The first-order valence-corrected chi connectivity index (χ1v) is 8.56. The molecule has 5 nitrogen and oxygen atoms in total. The molecule has 0 radical (unpaired) electrons. The van der Waals surface area contributed by atoms with Gasteiger partial charge in [0.25, 0.3) is 5.91 Å². The quantitative estimate of drug-likeness (QED) is 0.830. The number of carbonyl (C=O) groups excluding carboxylic acids is 1. The van der Waals surface area contributed by atoms with Gasteiger partial charge in [0.1, 0.15) is 0 Å². The van der Waals surface area contributed by atoms with Gasteiger partial charge in [-0.05, 0) is 37.3 Å². The first-order chi connectivity index (χ1) is 10.7. The number of thioether (sulfide) groups is 1. The largest absolute Gasteiger partial charge is 0.395 e. The summed E-state index contributed by atoms with van der Waals surface area (Å²) in [5, 5.41) is 10.1. The van der Waals surface area contributed by atoms with E-state index in [0.29, 0.717) is 18.2 Å². The Labute approximate surface area is 134 Å². The molecule has 0 bridgehead atoms. The first-order valence-electron chi connectivity index (χ1n) is 7.34. The van der Waals surface area contributed by atoms with Crippen LogP contribution in [0.2, 0.25) is 0 Å². The van der Waals surface area contributed by atoms with Crippen molar-refractivity contribution in [2.24, 2.45) is 0 Å². The summed E-state index contributed by atoms with van der Waals surface area (Å²) in [7, 11) is 0. The lowest BCUT2D eigenvalue weighted by Gasteiger charge is -2.21. The summed E-state index contributed by atoms with van der Waals surface area (Å²) in [6.45, 7) is 0.398. The number of benzene rings is 1. The molecule has 0 aliphatic heterocycles. The predicted molar refractivity (Wildman–Crippen MR) is 86.5 cm³/mol. The molecular formula is C16H19N3O2S. The van der Waals surface area contributed by atoms with Gasteiger partial charge < -0.3 is 10.0 Å². The van der Waals surface area contributed by atoms with E-state index in [0.717, 1.165) is 23.7 Å². The molecule has 1 fully saturated rings. The van der Waals surface area contributed by atoms with Gasteiger partial charge in [-0.25, -0.2) is 4.98 Å². The summed E-state index contributed by atoms with van der Waals surface area (Å²) in [6.07, 6.45) is 7.68. The van der Waals surface area contributed by atoms with Crippen LogP contribution in [0.15, 0.2) is 41.8 Å². The van der Waals surface area contributed by atoms with Crippen molar-refractivity contribution in [3.63, 3.8) is 0 Å². The Bertz CT molecular complexity index is 667. The second-order valence-electron chi connectivity index (χ2n) is 5.29. The van der Waals surface area contributed by atoms with Crippen molar-refractivity contribution in [1.29, 1.82) is 0 Å². The average Bonchev–Trinajstić information content (AvgIpc) is 3.28. The maximum atomic E-state index is 12.7. The van der Waals surface area contributed by atoms with E-state index in [9.17, 15) is 9.90 Å². The number of aromatic nitrogens is 2. The second kappa shape index (κ2) is 6.54. The number of nitrogens with zero attached hydrogens (tertiary/aromatic N) is 3. The van der Waals surface area contributed by atoms with Gasteiger partial charge in [0.15, 0.2) is 5.16 Å². The van der Waals surface area contributed by atoms with Crippen LogP contribution in [0.4, 0.5) is 0 Å². The molecule has 1 heterocycles. The molecular weight excluding hydrogens is 298 g/mol. The SMILES string of the molecule is CSc1nccn1-c1cccc(C(=O)N(CCO)C2CC2)c1. The third-order valence-corrected chi connectivity index (χ3v) is 4.42. The van der Waals surface area contributed by atoms with E-state index in [2.05, 4.69) is 4.98 Å². The summed E-state index contributed by atoms with van der Waals surface area (Å²) < 4.78 is 1.97. The Kier molecular flexibility index (Phi) is 4.49. The van der Waals surface area contributed by atoms with E-state index >= 15 is 0 Å². The fraction of sp³-hybridized carbons (Fsp3) is 0.375. The number of aliphatic hydroxyl groups excluding tert-OH is 1. The van der Waals surface area contributed by atoms with Gasteiger partial charge in [0, 0.05) is 36.2 Å². The van der Waals surface area contributed by atoms with E-state index in [4.69, 9.17) is 0 Å². The monoisotopic (exact) mass is 317 g/mol. The molecule has 1 N–H and O–H groups in total. The Hall–Kier alpha value is -1.79. The van der Waals surface area contributed by atoms with Crippen LogP contribution in [0.5, 0.6) is 0 Å². The van der Waals surface area contributed by atoms with Crippen molar-refractivity contribution >= 4 is 17.7 Å². The number of aliphatic hydroxyl groups is 1. The van der Waals surface area contributed by atoms with Gasteiger partial charge in [-0.1, -0.05) is 17.8 Å².